The average Bonchev–Trinajstić information content (AvgIpc) is 2.19. The lowest BCUT2D eigenvalue weighted by Crippen LogP contribution is -2.14. The summed E-state index contributed by atoms with van der Waals surface area (Å²) >= 11 is 0. The highest BCUT2D eigenvalue weighted by Crippen LogP contribution is 2.34. The van der Waals surface area contributed by atoms with Crippen molar-refractivity contribution in [2.24, 2.45) is 0 Å². The lowest BCUT2D eigenvalue weighted by atomic mass is 10.1. The number of nitrogens with two attached hydrogens (primary N) is 1. The quantitative estimate of drug-likeness (QED) is 0.828. The number of aromatic nitrogens is 1. The van der Waals surface area contributed by atoms with Gasteiger partial charge in [0.05, 0.1) is 24.3 Å². The van der Waals surface area contributed by atoms with Crippen LogP contribution in [0.1, 0.15) is 18.1 Å². The molecule has 0 amide bonds. The van der Waals surface area contributed by atoms with Crippen molar-refractivity contribution < 1.29 is 22.7 Å². The zero-order valence-corrected chi connectivity index (χ0v) is 9.04. The van der Waals surface area contributed by atoms with Crippen LogP contribution < -0.4 is 5.73 Å². The van der Waals surface area contributed by atoms with E-state index in [-0.39, 0.29) is 18.6 Å². The third-order valence-corrected chi connectivity index (χ3v) is 2.02. The molecule has 0 aliphatic carbocycles. The predicted octanol–water partition coefficient (Wildman–Crippen LogP) is 1.79. The molecule has 2 N–H and O–H groups in total. The second-order valence-corrected chi connectivity index (χ2v) is 3.24. The van der Waals surface area contributed by atoms with Gasteiger partial charge in [0.25, 0.3) is 0 Å². The molecule has 0 aliphatic heterocycles. The van der Waals surface area contributed by atoms with Crippen LogP contribution in [0.15, 0.2) is 12.4 Å². The van der Waals surface area contributed by atoms with Gasteiger partial charge in [-0.3, -0.25) is 9.78 Å². The SMILES string of the molecule is CCOC(=O)Cc1cncc(C(F)(F)F)c1N. The van der Waals surface area contributed by atoms with Gasteiger partial charge in [-0.25, -0.2) is 0 Å². The van der Waals surface area contributed by atoms with Gasteiger partial charge in [-0.1, -0.05) is 0 Å². The first-order valence-electron chi connectivity index (χ1n) is 4.81. The maximum absolute atomic E-state index is 12.5. The molecule has 0 bridgehead atoms. The fraction of sp³-hybridized carbons (Fsp3) is 0.400. The first-order valence-corrected chi connectivity index (χ1v) is 4.81. The smallest absolute Gasteiger partial charge is 0.419 e. The lowest BCUT2D eigenvalue weighted by Gasteiger charge is -2.12. The van der Waals surface area contributed by atoms with Crippen molar-refractivity contribution in [3.05, 3.63) is 23.5 Å². The summed E-state index contributed by atoms with van der Waals surface area (Å²) in [5.74, 6) is -0.639. The molecule has 0 atom stereocenters. The van der Waals surface area contributed by atoms with Gasteiger partial charge in [0, 0.05) is 18.0 Å². The zero-order valence-electron chi connectivity index (χ0n) is 9.04. The molecule has 0 spiro atoms. The Labute approximate surface area is 95.6 Å². The van der Waals surface area contributed by atoms with Gasteiger partial charge >= 0.3 is 12.1 Å². The molecule has 0 saturated carbocycles. The number of halogens is 3. The predicted molar refractivity (Wildman–Crippen MR) is 54.0 cm³/mol. The van der Waals surface area contributed by atoms with Crippen LogP contribution in [-0.4, -0.2) is 17.6 Å². The Morgan fingerprint density at radius 3 is 2.65 bits per heavy atom. The van der Waals surface area contributed by atoms with E-state index in [0.717, 1.165) is 6.20 Å². The second kappa shape index (κ2) is 5.03. The monoisotopic (exact) mass is 248 g/mol. The first kappa shape index (κ1) is 13.3. The summed E-state index contributed by atoms with van der Waals surface area (Å²) in [6.07, 6.45) is -3.15. The van der Waals surface area contributed by atoms with Gasteiger partial charge in [-0.05, 0) is 6.92 Å². The van der Waals surface area contributed by atoms with Crippen LogP contribution in [0.3, 0.4) is 0 Å². The Morgan fingerprint density at radius 2 is 2.12 bits per heavy atom. The third-order valence-electron chi connectivity index (χ3n) is 2.02. The van der Waals surface area contributed by atoms with E-state index in [1.165, 1.54) is 0 Å². The van der Waals surface area contributed by atoms with Crippen LogP contribution in [0.5, 0.6) is 0 Å². The number of anilines is 1. The molecule has 0 aliphatic rings. The largest absolute Gasteiger partial charge is 0.466 e. The van der Waals surface area contributed by atoms with Crippen molar-refractivity contribution in [1.82, 2.24) is 4.98 Å². The molecule has 1 aromatic heterocycles. The summed E-state index contributed by atoms with van der Waals surface area (Å²) in [7, 11) is 0. The maximum atomic E-state index is 12.5. The van der Waals surface area contributed by atoms with Crippen LogP contribution in [0.4, 0.5) is 18.9 Å². The van der Waals surface area contributed by atoms with Gasteiger partial charge in [0.15, 0.2) is 0 Å². The molecule has 0 radical (unpaired) electrons. The molecule has 1 heterocycles. The van der Waals surface area contributed by atoms with Crippen LogP contribution in [-0.2, 0) is 22.1 Å². The summed E-state index contributed by atoms with van der Waals surface area (Å²) in [5.41, 5.74) is 3.83. The summed E-state index contributed by atoms with van der Waals surface area (Å²) in [5, 5.41) is 0. The average molecular weight is 248 g/mol. The number of carbonyl (C=O) groups is 1. The van der Waals surface area contributed by atoms with E-state index in [2.05, 4.69) is 9.72 Å². The maximum Gasteiger partial charge on any atom is 0.419 e. The zero-order chi connectivity index (χ0) is 13.1. The topological polar surface area (TPSA) is 65.2 Å². The minimum atomic E-state index is -4.58. The number of hydrogen-bond donors (Lipinski definition) is 1. The van der Waals surface area contributed by atoms with Gasteiger partial charge in [0.2, 0.25) is 0 Å². The molecule has 4 nitrogen and oxygen atoms in total. The highest BCUT2D eigenvalue weighted by atomic mass is 19.4. The molecule has 0 saturated heterocycles. The number of rotatable bonds is 3. The van der Waals surface area contributed by atoms with Crippen LogP contribution >= 0.6 is 0 Å². The normalized spacial score (nSPS) is 11.3. The fourth-order valence-corrected chi connectivity index (χ4v) is 1.25. The summed E-state index contributed by atoms with van der Waals surface area (Å²) in [4.78, 5) is 14.6. The number of pyridine rings is 1. The molecule has 0 fully saturated rings. The molecule has 1 rings (SSSR count). The van der Waals surface area contributed by atoms with E-state index < -0.39 is 23.4 Å². The van der Waals surface area contributed by atoms with E-state index in [9.17, 15) is 18.0 Å². The van der Waals surface area contributed by atoms with Crippen molar-refractivity contribution in [3.8, 4) is 0 Å². The number of nitrogen functional groups attached to an aromatic ring is 1. The summed E-state index contributed by atoms with van der Waals surface area (Å²) in [6, 6.07) is 0. The lowest BCUT2D eigenvalue weighted by molar-refractivity contribution is -0.142. The Hall–Kier alpha value is -1.79. The molecule has 94 valence electrons. The van der Waals surface area contributed by atoms with E-state index in [0.29, 0.717) is 6.20 Å². The van der Waals surface area contributed by atoms with E-state index in [4.69, 9.17) is 5.73 Å². The van der Waals surface area contributed by atoms with Crippen LogP contribution in [0.2, 0.25) is 0 Å². The third kappa shape index (κ3) is 3.33. The number of alkyl halides is 3. The van der Waals surface area contributed by atoms with Crippen molar-refractivity contribution in [2.45, 2.75) is 19.5 Å². The molecular weight excluding hydrogens is 237 g/mol. The first-order chi connectivity index (χ1) is 7.86. The Morgan fingerprint density at radius 1 is 1.47 bits per heavy atom. The second-order valence-electron chi connectivity index (χ2n) is 3.24. The fourth-order valence-electron chi connectivity index (χ4n) is 1.25. The highest BCUT2D eigenvalue weighted by Gasteiger charge is 2.34. The number of hydrogen-bond acceptors (Lipinski definition) is 4. The van der Waals surface area contributed by atoms with Gasteiger partial charge in [-0.2, -0.15) is 13.2 Å². The van der Waals surface area contributed by atoms with Crippen LogP contribution in [0, 0.1) is 0 Å². The van der Waals surface area contributed by atoms with Gasteiger partial charge in [0.1, 0.15) is 0 Å². The van der Waals surface area contributed by atoms with E-state index >= 15 is 0 Å². The minimum Gasteiger partial charge on any atom is -0.466 e. The Balaban J connectivity index is 2.99. The van der Waals surface area contributed by atoms with Crippen molar-refractivity contribution in [3.63, 3.8) is 0 Å². The molecule has 1 aromatic rings. The number of ether oxygens (including phenoxy) is 1. The molecule has 7 heteroatoms. The van der Waals surface area contributed by atoms with Gasteiger partial charge in [-0.15, -0.1) is 0 Å². The molecular formula is C10H11F3N2O2. The summed E-state index contributed by atoms with van der Waals surface area (Å²) < 4.78 is 42.1. The number of esters is 1. The standard InChI is InChI=1S/C10H11F3N2O2/c1-2-17-8(16)3-6-4-15-5-7(9(6)14)10(11,12)13/h4-5H,2-3H2,1H3,(H2,14,15). The molecule has 0 aromatic carbocycles. The summed E-state index contributed by atoms with van der Waals surface area (Å²) in [6.45, 7) is 1.76. The number of nitrogens with zero attached hydrogens (tertiary/aromatic N) is 1. The Kier molecular flexibility index (Phi) is 3.93. The van der Waals surface area contributed by atoms with Gasteiger partial charge < -0.3 is 10.5 Å². The number of carbonyl (C=O) groups excluding carboxylic acids is 1. The van der Waals surface area contributed by atoms with Crippen molar-refractivity contribution in [1.29, 1.82) is 0 Å². The van der Waals surface area contributed by atoms with E-state index in [1.54, 1.807) is 6.92 Å². The van der Waals surface area contributed by atoms with Crippen molar-refractivity contribution >= 4 is 11.7 Å². The molecule has 0 unspecified atom stereocenters. The highest BCUT2D eigenvalue weighted by molar-refractivity contribution is 5.75. The molecule has 17 heavy (non-hydrogen) atoms. The minimum absolute atomic E-state index is 0.0123. The van der Waals surface area contributed by atoms with Crippen molar-refractivity contribution in [2.75, 3.05) is 12.3 Å². The Bertz CT molecular complexity index is 419. The van der Waals surface area contributed by atoms with Crippen LogP contribution in [0.25, 0.3) is 0 Å². The van der Waals surface area contributed by atoms with E-state index in [1.807, 2.05) is 0 Å².